The van der Waals surface area contributed by atoms with Gasteiger partial charge in [0.05, 0.1) is 6.54 Å². The summed E-state index contributed by atoms with van der Waals surface area (Å²) >= 11 is 6.02. The number of aromatic nitrogens is 2. The van der Waals surface area contributed by atoms with Gasteiger partial charge in [0, 0.05) is 22.7 Å². The highest BCUT2D eigenvalue weighted by Crippen LogP contribution is 2.27. The van der Waals surface area contributed by atoms with Crippen LogP contribution >= 0.6 is 11.6 Å². The van der Waals surface area contributed by atoms with Crippen LogP contribution in [-0.4, -0.2) is 27.1 Å². The van der Waals surface area contributed by atoms with Crippen LogP contribution in [0.15, 0.2) is 28.8 Å². The van der Waals surface area contributed by atoms with Crippen molar-refractivity contribution in [2.75, 3.05) is 0 Å². The van der Waals surface area contributed by atoms with Gasteiger partial charge in [-0.2, -0.15) is 4.98 Å². The molecule has 118 valence electrons. The van der Waals surface area contributed by atoms with Crippen molar-refractivity contribution in [3.05, 3.63) is 35.2 Å². The van der Waals surface area contributed by atoms with Gasteiger partial charge in [-0.3, -0.25) is 4.90 Å². The van der Waals surface area contributed by atoms with Gasteiger partial charge in [-0.1, -0.05) is 41.7 Å². The Kier molecular flexibility index (Phi) is 4.79. The largest absolute Gasteiger partial charge is 0.338 e. The lowest BCUT2D eigenvalue weighted by molar-refractivity contribution is 0.128. The lowest BCUT2D eigenvalue weighted by Gasteiger charge is -2.31. The summed E-state index contributed by atoms with van der Waals surface area (Å²) < 4.78 is 5.45. The third-order valence-electron chi connectivity index (χ3n) is 4.33. The molecule has 22 heavy (non-hydrogen) atoms. The molecule has 0 bridgehead atoms. The minimum Gasteiger partial charge on any atom is -0.338 e. The van der Waals surface area contributed by atoms with Crippen molar-refractivity contribution in [1.82, 2.24) is 15.0 Å². The Morgan fingerprint density at radius 3 is 2.77 bits per heavy atom. The van der Waals surface area contributed by atoms with E-state index in [4.69, 9.17) is 16.1 Å². The first kappa shape index (κ1) is 15.5. The van der Waals surface area contributed by atoms with Crippen LogP contribution in [0.4, 0.5) is 0 Å². The standard InChI is InChI=1S/C17H22ClN3O/c1-12(2)21(15-8-3-4-9-15)11-16-19-17(20-22-16)13-6-5-7-14(18)10-13/h5-7,10,12,15H,3-4,8-9,11H2,1-2H3. The normalized spacial score (nSPS) is 16.0. The van der Waals surface area contributed by atoms with Crippen LogP contribution in [0.25, 0.3) is 11.4 Å². The molecule has 1 aromatic heterocycles. The van der Waals surface area contributed by atoms with Gasteiger partial charge < -0.3 is 4.52 Å². The fourth-order valence-electron chi connectivity index (χ4n) is 3.19. The molecule has 0 spiro atoms. The molecule has 1 fully saturated rings. The lowest BCUT2D eigenvalue weighted by atomic mass is 10.1. The zero-order chi connectivity index (χ0) is 15.5. The van der Waals surface area contributed by atoms with Gasteiger partial charge in [0.25, 0.3) is 0 Å². The first-order chi connectivity index (χ1) is 10.6. The number of rotatable bonds is 5. The Morgan fingerprint density at radius 1 is 1.32 bits per heavy atom. The molecule has 0 N–H and O–H groups in total. The molecule has 4 nitrogen and oxygen atoms in total. The van der Waals surface area contributed by atoms with Crippen LogP contribution in [0.5, 0.6) is 0 Å². The summed E-state index contributed by atoms with van der Waals surface area (Å²) in [5.41, 5.74) is 0.888. The summed E-state index contributed by atoms with van der Waals surface area (Å²) in [4.78, 5) is 7.01. The molecule has 0 unspecified atom stereocenters. The minimum atomic E-state index is 0.476. The summed E-state index contributed by atoms with van der Waals surface area (Å²) in [6.45, 7) is 5.18. The number of halogens is 1. The van der Waals surface area contributed by atoms with E-state index in [-0.39, 0.29) is 0 Å². The van der Waals surface area contributed by atoms with E-state index < -0.39 is 0 Å². The van der Waals surface area contributed by atoms with Crippen LogP contribution < -0.4 is 0 Å². The van der Waals surface area contributed by atoms with Crippen molar-refractivity contribution in [3.63, 3.8) is 0 Å². The monoisotopic (exact) mass is 319 g/mol. The molecular formula is C17H22ClN3O. The van der Waals surface area contributed by atoms with E-state index in [9.17, 15) is 0 Å². The van der Waals surface area contributed by atoms with Crippen LogP contribution in [0.1, 0.15) is 45.4 Å². The molecule has 0 aliphatic heterocycles. The second-order valence-corrected chi connectivity index (χ2v) is 6.66. The molecule has 2 aromatic rings. The van der Waals surface area contributed by atoms with Crippen LogP contribution in [0, 0.1) is 0 Å². The van der Waals surface area contributed by atoms with Gasteiger partial charge in [0.1, 0.15) is 0 Å². The second kappa shape index (κ2) is 6.80. The Balaban J connectivity index is 1.75. The van der Waals surface area contributed by atoms with Crippen LogP contribution in [-0.2, 0) is 6.54 Å². The lowest BCUT2D eigenvalue weighted by Crippen LogP contribution is -2.38. The maximum atomic E-state index is 6.02. The van der Waals surface area contributed by atoms with Gasteiger partial charge in [-0.15, -0.1) is 0 Å². The summed E-state index contributed by atoms with van der Waals surface area (Å²) in [7, 11) is 0. The zero-order valence-electron chi connectivity index (χ0n) is 13.1. The number of hydrogen-bond donors (Lipinski definition) is 0. The summed E-state index contributed by atoms with van der Waals surface area (Å²) in [6.07, 6.45) is 5.19. The second-order valence-electron chi connectivity index (χ2n) is 6.23. The summed E-state index contributed by atoms with van der Waals surface area (Å²) in [6, 6.07) is 8.65. The van der Waals surface area contributed by atoms with Gasteiger partial charge >= 0.3 is 0 Å². The van der Waals surface area contributed by atoms with Crippen molar-refractivity contribution < 1.29 is 4.52 Å². The summed E-state index contributed by atoms with van der Waals surface area (Å²) in [5.74, 6) is 1.28. The Labute approximate surface area is 136 Å². The molecular weight excluding hydrogens is 298 g/mol. The average molecular weight is 320 g/mol. The first-order valence-corrected chi connectivity index (χ1v) is 8.35. The maximum Gasteiger partial charge on any atom is 0.241 e. The van der Waals surface area contributed by atoms with Crippen molar-refractivity contribution >= 4 is 11.6 Å². The van der Waals surface area contributed by atoms with Gasteiger partial charge in [-0.25, -0.2) is 0 Å². The highest BCUT2D eigenvalue weighted by atomic mass is 35.5. The molecule has 0 amide bonds. The third kappa shape index (κ3) is 3.50. The van der Waals surface area contributed by atoms with Crippen molar-refractivity contribution in [2.45, 2.75) is 58.2 Å². The van der Waals surface area contributed by atoms with Crippen molar-refractivity contribution in [3.8, 4) is 11.4 Å². The van der Waals surface area contributed by atoms with E-state index in [1.807, 2.05) is 24.3 Å². The van der Waals surface area contributed by atoms with E-state index in [1.54, 1.807) is 0 Å². The van der Waals surface area contributed by atoms with Crippen molar-refractivity contribution in [2.24, 2.45) is 0 Å². The van der Waals surface area contributed by atoms with Gasteiger partial charge in [0.2, 0.25) is 11.7 Å². The Hall–Kier alpha value is -1.39. The van der Waals surface area contributed by atoms with E-state index in [0.29, 0.717) is 28.8 Å². The molecule has 1 aromatic carbocycles. The fraction of sp³-hybridized carbons (Fsp3) is 0.529. The molecule has 0 saturated heterocycles. The summed E-state index contributed by atoms with van der Waals surface area (Å²) in [5, 5.41) is 4.77. The van der Waals surface area contributed by atoms with E-state index >= 15 is 0 Å². The Morgan fingerprint density at radius 2 is 2.09 bits per heavy atom. The van der Waals surface area contributed by atoms with E-state index in [2.05, 4.69) is 28.9 Å². The van der Waals surface area contributed by atoms with Gasteiger partial charge in [0.15, 0.2) is 0 Å². The first-order valence-electron chi connectivity index (χ1n) is 7.98. The maximum absolute atomic E-state index is 6.02. The van der Waals surface area contributed by atoms with Crippen molar-refractivity contribution in [1.29, 1.82) is 0 Å². The predicted octanol–water partition coefficient (Wildman–Crippen LogP) is 4.54. The smallest absolute Gasteiger partial charge is 0.241 e. The molecule has 1 aliphatic carbocycles. The highest BCUT2D eigenvalue weighted by molar-refractivity contribution is 6.30. The Bertz CT molecular complexity index is 620. The third-order valence-corrected chi connectivity index (χ3v) is 4.56. The molecule has 1 aliphatic rings. The average Bonchev–Trinajstić information content (AvgIpc) is 3.16. The SMILES string of the molecule is CC(C)N(Cc1nc(-c2cccc(Cl)c2)no1)C1CCCC1. The molecule has 3 rings (SSSR count). The van der Waals surface area contributed by atoms with E-state index in [1.165, 1.54) is 25.7 Å². The topological polar surface area (TPSA) is 42.2 Å². The minimum absolute atomic E-state index is 0.476. The number of nitrogens with zero attached hydrogens (tertiary/aromatic N) is 3. The quantitative estimate of drug-likeness (QED) is 0.811. The molecule has 0 atom stereocenters. The van der Waals surface area contributed by atoms with Gasteiger partial charge in [-0.05, 0) is 38.8 Å². The highest BCUT2D eigenvalue weighted by Gasteiger charge is 2.26. The molecule has 1 heterocycles. The predicted molar refractivity (Wildman–Crippen MR) is 87.7 cm³/mol. The molecule has 5 heteroatoms. The van der Waals surface area contributed by atoms with Crippen LogP contribution in [0.3, 0.4) is 0 Å². The molecule has 1 saturated carbocycles. The zero-order valence-corrected chi connectivity index (χ0v) is 13.9. The van der Waals surface area contributed by atoms with E-state index in [0.717, 1.165) is 12.1 Å². The molecule has 0 radical (unpaired) electrons. The van der Waals surface area contributed by atoms with Crippen LogP contribution in [0.2, 0.25) is 5.02 Å². The number of hydrogen-bond acceptors (Lipinski definition) is 4. The number of benzene rings is 1. The fourth-order valence-corrected chi connectivity index (χ4v) is 3.38.